The Morgan fingerprint density at radius 1 is 1.38 bits per heavy atom. The van der Waals surface area contributed by atoms with Crippen LogP contribution in [0, 0.1) is 5.82 Å². The van der Waals surface area contributed by atoms with E-state index in [1.165, 1.54) is 13.2 Å². The average Bonchev–Trinajstić information content (AvgIpc) is 3.41. The van der Waals surface area contributed by atoms with Gasteiger partial charge in [-0.05, 0) is 38.0 Å². The van der Waals surface area contributed by atoms with Crippen LogP contribution in [0.1, 0.15) is 31.4 Å². The molecular formula is C18H20BrFN2O4. The summed E-state index contributed by atoms with van der Waals surface area (Å²) >= 11 is 3.31. The fraction of sp³-hybridized carbons (Fsp3) is 0.444. The molecule has 1 atom stereocenters. The van der Waals surface area contributed by atoms with Crippen LogP contribution in [0.4, 0.5) is 9.18 Å². The van der Waals surface area contributed by atoms with E-state index in [2.05, 4.69) is 21.2 Å². The van der Waals surface area contributed by atoms with E-state index in [0.717, 1.165) is 12.8 Å². The van der Waals surface area contributed by atoms with Gasteiger partial charge in [-0.2, -0.15) is 0 Å². The van der Waals surface area contributed by atoms with Gasteiger partial charge in [-0.3, -0.25) is 4.90 Å². The maximum atomic E-state index is 14.4. The summed E-state index contributed by atoms with van der Waals surface area (Å²) in [6.45, 7) is 2.04. The van der Waals surface area contributed by atoms with Crippen LogP contribution in [0.15, 0.2) is 33.9 Å². The fourth-order valence-corrected chi connectivity index (χ4v) is 3.44. The number of halogens is 2. The summed E-state index contributed by atoms with van der Waals surface area (Å²) in [7, 11) is 1.51. The molecule has 1 heterocycles. The molecule has 1 aliphatic heterocycles. The Morgan fingerprint density at radius 2 is 2.12 bits per heavy atom. The molecule has 2 amide bonds. The third-order valence-electron chi connectivity index (χ3n) is 4.45. The normalized spacial score (nSPS) is 20.2. The average molecular weight is 427 g/mol. The zero-order chi connectivity index (χ0) is 18.8. The summed E-state index contributed by atoms with van der Waals surface area (Å²) in [4.78, 5) is 26.8. The number of benzene rings is 1. The van der Waals surface area contributed by atoms with Gasteiger partial charge in [0.05, 0.1) is 18.2 Å². The lowest BCUT2D eigenvalue weighted by atomic mass is 9.94. The lowest BCUT2D eigenvalue weighted by Gasteiger charge is -2.35. The van der Waals surface area contributed by atoms with Crippen molar-refractivity contribution in [3.8, 4) is 0 Å². The zero-order valence-corrected chi connectivity index (χ0v) is 16.1. The van der Waals surface area contributed by atoms with Crippen LogP contribution >= 0.6 is 15.9 Å². The molecule has 0 saturated heterocycles. The molecule has 1 N–H and O–H groups in total. The summed E-state index contributed by atoms with van der Waals surface area (Å²) in [5, 5.41) is 2.76. The van der Waals surface area contributed by atoms with Crippen molar-refractivity contribution < 1.29 is 23.5 Å². The van der Waals surface area contributed by atoms with Crippen LogP contribution in [0.3, 0.4) is 0 Å². The van der Waals surface area contributed by atoms with Crippen LogP contribution < -0.4 is 5.32 Å². The first kappa shape index (κ1) is 18.8. The number of esters is 1. The molecule has 1 aliphatic carbocycles. The van der Waals surface area contributed by atoms with Crippen molar-refractivity contribution in [3.05, 3.63) is 45.3 Å². The second kappa shape index (κ2) is 7.75. The third-order valence-corrected chi connectivity index (χ3v) is 4.94. The first-order valence-electron chi connectivity index (χ1n) is 8.35. The van der Waals surface area contributed by atoms with Gasteiger partial charge < -0.3 is 14.8 Å². The number of hydrogen-bond donors (Lipinski definition) is 1. The molecule has 0 aromatic heterocycles. The molecule has 1 aromatic rings. The number of carbonyl (C=O) groups is 2. The molecule has 26 heavy (non-hydrogen) atoms. The predicted octanol–water partition coefficient (Wildman–Crippen LogP) is 3.28. The van der Waals surface area contributed by atoms with E-state index < -0.39 is 17.8 Å². The number of hydrogen-bond acceptors (Lipinski definition) is 4. The Morgan fingerprint density at radius 3 is 2.77 bits per heavy atom. The number of rotatable bonds is 6. The molecule has 0 unspecified atom stereocenters. The number of methoxy groups -OCH3 is 1. The van der Waals surface area contributed by atoms with Crippen LogP contribution in [0.2, 0.25) is 0 Å². The highest BCUT2D eigenvalue weighted by molar-refractivity contribution is 9.10. The third kappa shape index (κ3) is 3.76. The smallest absolute Gasteiger partial charge is 0.338 e. The van der Waals surface area contributed by atoms with Crippen LogP contribution in [-0.2, 0) is 14.3 Å². The number of carbonyl (C=O) groups excluding carboxylic acids is 2. The monoisotopic (exact) mass is 426 g/mol. The van der Waals surface area contributed by atoms with Gasteiger partial charge in [0.2, 0.25) is 0 Å². The fourth-order valence-electron chi connectivity index (χ4n) is 3.06. The minimum atomic E-state index is -0.912. The van der Waals surface area contributed by atoms with Gasteiger partial charge in [0.1, 0.15) is 12.4 Å². The van der Waals surface area contributed by atoms with Gasteiger partial charge in [0.15, 0.2) is 0 Å². The highest BCUT2D eigenvalue weighted by atomic mass is 79.9. The SMILES string of the molecule is COCCOC(=O)C1=C(C)N(C2CC2)C(=O)N[C@H]1c1cc(Br)ccc1F. The largest absolute Gasteiger partial charge is 0.460 e. The topological polar surface area (TPSA) is 67.9 Å². The number of nitrogens with one attached hydrogen (secondary N) is 1. The lowest BCUT2D eigenvalue weighted by Crippen LogP contribution is -2.49. The first-order chi connectivity index (χ1) is 12.4. The summed E-state index contributed by atoms with van der Waals surface area (Å²) < 4.78 is 25.3. The van der Waals surface area contributed by atoms with Crippen molar-refractivity contribution in [2.45, 2.75) is 31.8 Å². The Kier molecular flexibility index (Phi) is 5.62. The van der Waals surface area contributed by atoms with Crippen molar-refractivity contribution in [1.29, 1.82) is 0 Å². The molecule has 0 radical (unpaired) electrons. The van der Waals surface area contributed by atoms with E-state index in [1.807, 2.05) is 0 Å². The molecule has 0 spiro atoms. The highest BCUT2D eigenvalue weighted by Crippen LogP contribution is 2.38. The summed E-state index contributed by atoms with van der Waals surface area (Å²) in [6, 6.07) is 3.25. The van der Waals surface area contributed by atoms with E-state index in [-0.39, 0.29) is 36.4 Å². The first-order valence-corrected chi connectivity index (χ1v) is 9.14. The maximum Gasteiger partial charge on any atom is 0.338 e. The van der Waals surface area contributed by atoms with E-state index in [0.29, 0.717) is 10.2 Å². The lowest BCUT2D eigenvalue weighted by molar-refractivity contribution is -0.140. The molecule has 8 heteroatoms. The standard InChI is InChI=1S/C18H20BrFN2O4/c1-10-15(17(23)26-8-7-25-2)16(13-9-11(19)3-6-14(13)20)21-18(24)22(10)12-4-5-12/h3,6,9,12,16H,4-5,7-8H2,1-2H3,(H,21,24)/t16-/m0/s1. The van der Waals surface area contributed by atoms with Crippen LogP contribution in [-0.4, -0.2) is 43.3 Å². The molecule has 1 saturated carbocycles. The van der Waals surface area contributed by atoms with Crippen molar-refractivity contribution in [2.75, 3.05) is 20.3 Å². The van der Waals surface area contributed by atoms with Crippen molar-refractivity contribution >= 4 is 27.9 Å². The Balaban J connectivity index is 2.01. The maximum absolute atomic E-state index is 14.4. The van der Waals surface area contributed by atoms with Gasteiger partial charge in [-0.15, -0.1) is 0 Å². The zero-order valence-electron chi connectivity index (χ0n) is 14.6. The number of allylic oxidation sites excluding steroid dienone is 1. The summed E-state index contributed by atoms with van der Waals surface area (Å²) in [5.74, 6) is -1.09. The van der Waals surface area contributed by atoms with Crippen molar-refractivity contribution in [3.63, 3.8) is 0 Å². The number of nitrogens with zero attached hydrogens (tertiary/aromatic N) is 1. The molecule has 1 fully saturated rings. The second-order valence-electron chi connectivity index (χ2n) is 6.28. The number of ether oxygens (including phenoxy) is 2. The Hall–Kier alpha value is -1.93. The minimum Gasteiger partial charge on any atom is -0.460 e. The summed E-state index contributed by atoms with van der Waals surface area (Å²) in [5.41, 5.74) is 0.953. The van der Waals surface area contributed by atoms with Crippen LogP contribution in [0.5, 0.6) is 0 Å². The van der Waals surface area contributed by atoms with Gasteiger partial charge in [0.25, 0.3) is 0 Å². The molecule has 140 valence electrons. The molecule has 6 nitrogen and oxygen atoms in total. The van der Waals surface area contributed by atoms with E-state index in [4.69, 9.17) is 9.47 Å². The predicted molar refractivity (Wildman–Crippen MR) is 95.8 cm³/mol. The van der Waals surface area contributed by atoms with Gasteiger partial charge >= 0.3 is 12.0 Å². The molecular weight excluding hydrogens is 407 g/mol. The molecule has 1 aromatic carbocycles. The Bertz CT molecular complexity index is 764. The van der Waals surface area contributed by atoms with Crippen molar-refractivity contribution in [1.82, 2.24) is 10.2 Å². The quantitative estimate of drug-likeness (QED) is 0.559. The van der Waals surface area contributed by atoms with Gasteiger partial charge in [0, 0.05) is 28.9 Å². The van der Waals surface area contributed by atoms with Crippen LogP contribution in [0.25, 0.3) is 0 Å². The van der Waals surface area contributed by atoms with E-state index in [1.54, 1.807) is 24.0 Å². The van der Waals surface area contributed by atoms with Gasteiger partial charge in [-0.1, -0.05) is 15.9 Å². The molecule has 2 aliphatic rings. The van der Waals surface area contributed by atoms with E-state index in [9.17, 15) is 14.0 Å². The molecule has 3 rings (SSSR count). The summed E-state index contributed by atoms with van der Waals surface area (Å²) in [6.07, 6.45) is 1.76. The minimum absolute atomic E-state index is 0.0741. The Labute approximate surface area is 159 Å². The highest BCUT2D eigenvalue weighted by Gasteiger charge is 2.43. The van der Waals surface area contributed by atoms with Crippen molar-refractivity contribution in [2.24, 2.45) is 0 Å². The second-order valence-corrected chi connectivity index (χ2v) is 7.19. The number of urea groups is 1. The van der Waals surface area contributed by atoms with E-state index >= 15 is 0 Å². The number of amides is 2. The van der Waals surface area contributed by atoms with Gasteiger partial charge in [-0.25, -0.2) is 14.0 Å². The molecule has 0 bridgehead atoms.